The van der Waals surface area contributed by atoms with Crippen LogP contribution in [0.25, 0.3) is 0 Å². The van der Waals surface area contributed by atoms with Gasteiger partial charge in [-0.2, -0.15) is 0 Å². The zero-order valence-corrected chi connectivity index (χ0v) is 16.6. The van der Waals surface area contributed by atoms with Gasteiger partial charge >= 0.3 is 0 Å². The van der Waals surface area contributed by atoms with Crippen LogP contribution in [0, 0.1) is 6.92 Å². The third-order valence-corrected chi connectivity index (χ3v) is 6.26. The van der Waals surface area contributed by atoms with Crippen molar-refractivity contribution in [2.45, 2.75) is 82.6 Å². The van der Waals surface area contributed by atoms with Gasteiger partial charge in [-0.05, 0) is 51.9 Å². The summed E-state index contributed by atoms with van der Waals surface area (Å²) in [6.45, 7) is 4.60. The fourth-order valence-electron chi connectivity index (χ4n) is 4.21. The number of likely N-dealkylation sites (tertiary alicyclic amines) is 1. The molecule has 2 saturated carbocycles. The van der Waals surface area contributed by atoms with Crippen LogP contribution in [-0.4, -0.2) is 68.0 Å². The minimum Gasteiger partial charge on any atom is -0.391 e. The van der Waals surface area contributed by atoms with Crippen molar-refractivity contribution in [2.75, 3.05) is 13.1 Å². The van der Waals surface area contributed by atoms with Crippen LogP contribution < -0.4 is 10.6 Å². The van der Waals surface area contributed by atoms with Gasteiger partial charge in [-0.25, -0.2) is 4.99 Å². The lowest BCUT2D eigenvalue weighted by atomic mass is 10.0. The van der Waals surface area contributed by atoms with Crippen molar-refractivity contribution in [1.82, 2.24) is 30.3 Å². The number of rotatable bonds is 5. The van der Waals surface area contributed by atoms with Gasteiger partial charge in [-0.1, -0.05) is 0 Å². The lowest BCUT2D eigenvalue weighted by Crippen LogP contribution is -2.52. The highest BCUT2D eigenvalue weighted by Crippen LogP contribution is 2.26. The molecule has 2 aliphatic carbocycles. The van der Waals surface area contributed by atoms with Crippen LogP contribution in [0.2, 0.25) is 0 Å². The van der Waals surface area contributed by atoms with Crippen molar-refractivity contribution < 1.29 is 5.11 Å². The largest absolute Gasteiger partial charge is 0.391 e. The molecule has 2 heterocycles. The van der Waals surface area contributed by atoms with Crippen molar-refractivity contribution in [3.63, 3.8) is 0 Å². The van der Waals surface area contributed by atoms with Crippen LogP contribution in [0.3, 0.4) is 0 Å². The number of piperidine rings is 1. The number of guanidine groups is 1. The first-order valence-electron chi connectivity index (χ1n) is 10.4. The fraction of sp³-hybridized carbons (Fsp3) is 0.842. The molecule has 0 bridgehead atoms. The SMILES string of the molecule is Cc1nnc(CN=C(NC2CC2)NC2CCN(C3CCCC3O)CC2)n1C. The second-order valence-corrected chi connectivity index (χ2v) is 8.33. The van der Waals surface area contributed by atoms with Gasteiger partial charge in [0, 0.05) is 38.3 Å². The van der Waals surface area contributed by atoms with Crippen LogP contribution in [0.5, 0.6) is 0 Å². The number of nitrogens with one attached hydrogen (secondary N) is 2. The van der Waals surface area contributed by atoms with Gasteiger partial charge in [-0.15, -0.1) is 10.2 Å². The summed E-state index contributed by atoms with van der Waals surface area (Å²) in [4.78, 5) is 7.26. The Kier molecular flexibility index (Phi) is 5.63. The van der Waals surface area contributed by atoms with E-state index in [1.54, 1.807) is 0 Å². The summed E-state index contributed by atoms with van der Waals surface area (Å²) in [7, 11) is 1.98. The standard InChI is InChI=1S/C19H33N7O/c1-13-23-24-18(25(13)2)12-20-19(21-14-6-7-14)22-15-8-10-26(11-9-15)16-4-3-5-17(16)27/h14-17,27H,3-12H2,1-2H3,(H2,20,21,22). The smallest absolute Gasteiger partial charge is 0.192 e. The monoisotopic (exact) mass is 375 g/mol. The van der Waals surface area contributed by atoms with E-state index in [0.29, 0.717) is 24.7 Å². The van der Waals surface area contributed by atoms with Gasteiger partial charge in [0.05, 0.1) is 6.10 Å². The molecule has 1 aliphatic heterocycles. The topological polar surface area (TPSA) is 90.6 Å². The molecule has 8 nitrogen and oxygen atoms in total. The number of aromatic nitrogens is 3. The summed E-state index contributed by atoms with van der Waals surface area (Å²) < 4.78 is 1.99. The Bertz CT molecular complexity index is 661. The van der Waals surface area contributed by atoms with Gasteiger partial charge in [0.1, 0.15) is 12.4 Å². The van der Waals surface area contributed by atoms with Crippen LogP contribution in [0.4, 0.5) is 0 Å². The van der Waals surface area contributed by atoms with E-state index in [1.165, 1.54) is 12.8 Å². The first-order valence-corrected chi connectivity index (χ1v) is 10.4. The lowest BCUT2D eigenvalue weighted by molar-refractivity contribution is 0.0542. The summed E-state index contributed by atoms with van der Waals surface area (Å²) in [5, 5.41) is 25.7. The maximum Gasteiger partial charge on any atom is 0.192 e. The molecule has 0 amide bonds. The molecule has 3 aliphatic rings. The first kappa shape index (κ1) is 18.7. The van der Waals surface area contributed by atoms with Crippen molar-refractivity contribution in [1.29, 1.82) is 0 Å². The average Bonchev–Trinajstić information content (AvgIpc) is 3.29. The van der Waals surface area contributed by atoms with Crippen LogP contribution in [-0.2, 0) is 13.6 Å². The summed E-state index contributed by atoms with van der Waals surface area (Å²) in [5.41, 5.74) is 0. The molecular weight excluding hydrogens is 342 g/mol. The third-order valence-electron chi connectivity index (χ3n) is 6.26. The Balaban J connectivity index is 1.32. The predicted octanol–water partition coefficient (Wildman–Crippen LogP) is 0.699. The third kappa shape index (κ3) is 4.60. The Hall–Kier alpha value is -1.67. The Labute approximate surface area is 161 Å². The molecule has 2 atom stereocenters. The van der Waals surface area contributed by atoms with E-state index < -0.39 is 0 Å². The van der Waals surface area contributed by atoms with Gasteiger partial charge in [0.15, 0.2) is 11.8 Å². The van der Waals surface area contributed by atoms with E-state index in [-0.39, 0.29) is 6.10 Å². The highest BCUT2D eigenvalue weighted by atomic mass is 16.3. The van der Waals surface area contributed by atoms with Crippen LogP contribution in [0.1, 0.15) is 56.6 Å². The van der Waals surface area contributed by atoms with Crippen LogP contribution in [0.15, 0.2) is 4.99 Å². The maximum absolute atomic E-state index is 10.2. The van der Waals surface area contributed by atoms with Crippen LogP contribution >= 0.6 is 0 Å². The predicted molar refractivity (Wildman–Crippen MR) is 104 cm³/mol. The number of aryl methyl sites for hydroxylation is 1. The average molecular weight is 376 g/mol. The second-order valence-electron chi connectivity index (χ2n) is 8.33. The maximum atomic E-state index is 10.2. The number of nitrogens with zero attached hydrogens (tertiary/aromatic N) is 5. The highest BCUT2D eigenvalue weighted by Gasteiger charge is 2.33. The van der Waals surface area contributed by atoms with E-state index in [0.717, 1.165) is 62.8 Å². The molecule has 8 heteroatoms. The summed E-state index contributed by atoms with van der Waals surface area (Å²) in [6.07, 6.45) is 7.78. The lowest BCUT2D eigenvalue weighted by Gasteiger charge is -2.37. The molecule has 1 aromatic heterocycles. The minimum absolute atomic E-state index is 0.127. The molecule has 27 heavy (non-hydrogen) atoms. The Morgan fingerprint density at radius 2 is 1.78 bits per heavy atom. The van der Waals surface area contributed by atoms with Gasteiger partial charge in [0.25, 0.3) is 0 Å². The van der Waals surface area contributed by atoms with Gasteiger partial charge in [0.2, 0.25) is 0 Å². The molecular formula is C19H33N7O. The minimum atomic E-state index is -0.127. The van der Waals surface area contributed by atoms with E-state index in [1.807, 2.05) is 18.5 Å². The van der Waals surface area contributed by atoms with E-state index >= 15 is 0 Å². The molecule has 0 radical (unpaired) electrons. The molecule has 3 N–H and O–H groups in total. The molecule has 150 valence electrons. The van der Waals surface area contributed by atoms with Gasteiger partial charge in [-0.3, -0.25) is 4.90 Å². The molecule has 4 rings (SSSR count). The number of aliphatic hydroxyl groups is 1. The summed E-state index contributed by atoms with van der Waals surface area (Å²) in [6, 6.07) is 1.38. The zero-order chi connectivity index (χ0) is 18.8. The molecule has 1 saturated heterocycles. The molecule has 2 unspecified atom stereocenters. The first-order chi connectivity index (χ1) is 13.1. The van der Waals surface area contributed by atoms with Crippen molar-refractivity contribution in [3.05, 3.63) is 11.6 Å². The normalized spacial score (nSPS) is 27.9. The van der Waals surface area contributed by atoms with Gasteiger partial charge < -0.3 is 20.3 Å². The zero-order valence-electron chi connectivity index (χ0n) is 16.6. The van der Waals surface area contributed by atoms with E-state index in [9.17, 15) is 5.11 Å². The fourth-order valence-corrected chi connectivity index (χ4v) is 4.21. The summed E-state index contributed by atoms with van der Waals surface area (Å²) >= 11 is 0. The number of aliphatic hydroxyl groups excluding tert-OH is 1. The summed E-state index contributed by atoms with van der Waals surface area (Å²) in [5.74, 6) is 2.69. The molecule has 3 fully saturated rings. The molecule has 1 aromatic rings. The van der Waals surface area contributed by atoms with Crippen molar-refractivity contribution in [3.8, 4) is 0 Å². The Morgan fingerprint density at radius 1 is 1.07 bits per heavy atom. The highest BCUT2D eigenvalue weighted by molar-refractivity contribution is 5.80. The quantitative estimate of drug-likeness (QED) is 0.518. The number of hydrogen-bond donors (Lipinski definition) is 3. The molecule has 0 aromatic carbocycles. The van der Waals surface area contributed by atoms with E-state index in [2.05, 4.69) is 25.7 Å². The number of aliphatic imine (C=N–C) groups is 1. The Morgan fingerprint density at radius 3 is 2.33 bits per heavy atom. The number of hydrogen-bond acceptors (Lipinski definition) is 5. The van der Waals surface area contributed by atoms with Crippen molar-refractivity contribution >= 4 is 5.96 Å². The van der Waals surface area contributed by atoms with Crippen molar-refractivity contribution in [2.24, 2.45) is 12.0 Å². The second kappa shape index (κ2) is 8.14. The molecule has 0 spiro atoms. The van der Waals surface area contributed by atoms with E-state index in [4.69, 9.17) is 4.99 Å².